The van der Waals surface area contributed by atoms with Gasteiger partial charge in [-0.15, -0.1) is 0 Å². The number of hydrogen-bond acceptors (Lipinski definition) is 6. The van der Waals surface area contributed by atoms with Crippen LogP contribution in [0, 0.1) is 0 Å². The molecule has 2 aliphatic rings. The van der Waals surface area contributed by atoms with Gasteiger partial charge < -0.3 is 15.8 Å². The largest absolute Gasteiger partial charge is 0.338 e. The Bertz CT molecular complexity index is 1650. The van der Waals surface area contributed by atoms with E-state index in [1.54, 1.807) is 11.9 Å². The van der Waals surface area contributed by atoms with Crippen molar-refractivity contribution in [1.82, 2.24) is 14.5 Å². The molecule has 2 aromatic heterocycles. The first-order valence-corrected chi connectivity index (χ1v) is 14.1. The van der Waals surface area contributed by atoms with Gasteiger partial charge in [0.1, 0.15) is 5.82 Å². The number of nitrogens with zero attached hydrogens (tertiary/aromatic N) is 3. The second-order valence-electron chi connectivity index (χ2n) is 9.98. The Morgan fingerprint density at radius 2 is 1.79 bits per heavy atom. The third-order valence-electron chi connectivity index (χ3n) is 7.66. The fraction of sp³-hybridized carbons (Fsp3) is 0.161. The van der Waals surface area contributed by atoms with Crippen LogP contribution < -0.4 is 15.8 Å². The quantitative estimate of drug-likeness (QED) is 0.208. The number of nitrogens with one attached hydrogen (secondary N) is 2. The summed E-state index contributed by atoms with van der Waals surface area (Å²) in [5.41, 5.74) is 15.8. The molecule has 1 aliphatic heterocycles. The van der Waals surface area contributed by atoms with E-state index in [2.05, 4.69) is 87.4 Å². The SMILES string of the molecule is CSNc1cccc(-c2nc3n(c2-c2ccc(C4(N)CCC4)cc2)-c2cccnc2Nc2ccccc2-3)c1. The predicted octanol–water partition coefficient (Wildman–Crippen LogP) is 7.35. The molecule has 0 saturated heterocycles. The van der Waals surface area contributed by atoms with Crippen LogP contribution in [-0.4, -0.2) is 20.8 Å². The molecule has 7 heteroatoms. The Labute approximate surface area is 226 Å². The number of nitrogens with two attached hydrogens (primary N) is 1. The van der Waals surface area contributed by atoms with E-state index in [9.17, 15) is 0 Å². The number of benzene rings is 3. The third kappa shape index (κ3) is 3.69. The number of imidazole rings is 1. The first kappa shape index (κ1) is 23.1. The minimum absolute atomic E-state index is 0.202. The van der Waals surface area contributed by atoms with E-state index in [1.807, 2.05) is 24.6 Å². The van der Waals surface area contributed by atoms with E-state index in [4.69, 9.17) is 15.7 Å². The maximum absolute atomic E-state index is 6.66. The first-order valence-electron chi connectivity index (χ1n) is 12.9. The molecule has 1 fully saturated rings. The smallest absolute Gasteiger partial charge is 0.154 e. The Kier molecular flexibility index (Phi) is 5.49. The third-order valence-corrected chi connectivity index (χ3v) is 8.10. The van der Waals surface area contributed by atoms with Crippen molar-refractivity contribution in [2.45, 2.75) is 24.8 Å². The molecule has 0 bridgehead atoms. The van der Waals surface area contributed by atoms with Gasteiger partial charge in [-0.1, -0.05) is 60.5 Å². The molecule has 0 radical (unpaired) electrons. The average molecular weight is 517 g/mol. The van der Waals surface area contributed by atoms with E-state index in [0.29, 0.717) is 0 Å². The van der Waals surface area contributed by atoms with Gasteiger partial charge in [0.05, 0.1) is 22.8 Å². The molecule has 3 heterocycles. The maximum atomic E-state index is 6.66. The topological polar surface area (TPSA) is 80.8 Å². The number of fused-ring (bicyclic) bond motifs is 5. The number of aromatic nitrogens is 3. The van der Waals surface area contributed by atoms with Gasteiger partial charge in [-0.2, -0.15) is 0 Å². The van der Waals surface area contributed by atoms with Gasteiger partial charge in [-0.05, 0) is 61.2 Å². The zero-order valence-electron chi connectivity index (χ0n) is 21.1. The maximum Gasteiger partial charge on any atom is 0.154 e. The lowest BCUT2D eigenvalue weighted by atomic mass is 9.72. The van der Waals surface area contributed by atoms with Crippen LogP contribution in [0.3, 0.4) is 0 Å². The second kappa shape index (κ2) is 9.04. The van der Waals surface area contributed by atoms with Crippen LogP contribution in [0.2, 0.25) is 0 Å². The zero-order valence-corrected chi connectivity index (χ0v) is 21.9. The monoisotopic (exact) mass is 516 g/mol. The summed E-state index contributed by atoms with van der Waals surface area (Å²) in [6.07, 6.45) is 7.11. The summed E-state index contributed by atoms with van der Waals surface area (Å²) >= 11 is 1.58. The minimum atomic E-state index is -0.202. The average Bonchev–Trinajstić information content (AvgIpc) is 3.27. The molecule has 6 nitrogen and oxygen atoms in total. The van der Waals surface area contributed by atoms with Gasteiger partial charge in [-0.3, -0.25) is 4.57 Å². The number of pyridine rings is 1. The van der Waals surface area contributed by atoms with Crippen molar-refractivity contribution in [3.8, 4) is 39.6 Å². The summed E-state index contributed by atoms with van der Waals surface area (Å²) in [5.74, 6) is 1.68. The number of hydrogen-bond donors (Lipinski definition) is 3. The van der Waals surface area contributed by atoms with Crippen molar-refractivity contribution in [2.24, 2.45) is 5.73 Å². The molecule has 0 unspecified atom stereocenters. The summed E-state index contributed by atoms with van der Waals surface area (Å²) in [6, 6.07) is 29.6. The standard InChI is InChI=1S/C31H28N6S/c1-38-36-23-8-4-7-21(19-23)27-28(20-12-14-22(15-13-20)31(32)16-6-17-31)37-26-11-5-18-33-29(26)34-25-10-3-2-9-24(25)30(37)35-27/h2-5,7-15,18-19,36H,6,16-17,32H2,1H3,(H,33,34). The van der Waals surface area contributed by atoms with Gasteiger partial charge in [0, 0.05) is 40.4 Å². The van der Waals surface area contributed by atoms with Gasteiger partial charge in [-0.25, -0.2) is 9.97 Å². The van der Waals surface area contributed by atoms with E-state index >= 15 is 0 Å². The molecule has 7 rings (SSSR count). The van der Waals surface area contributed by atoms with Gasteiger partial charge >= 0.3 is 0 Å². The fourth-order valence-corrected chi connectivity index (χ4v) is 5.91. The van der Waals surface area contributed by atoms with Crippen molar-refractivity contribution in [2.75, 3.05) is 16.3 Å². The van der Waals surface area contributed by atoms with Crippen LogP contribution >= 0.6 is 11.9 Å². The Morgan fingerprint density at radius 3 is 2.58 bits per heavy atom. The van der Waals surface area contributed by atoms with Crippen LogP contribution in [0.15, 0.2) is 91.1 Å². The van der Waals surface area contributed by atoms with E-state index in [-0.39, 0.29) is 5.54 Å². The molecule has 0 amide bonds. The molecule has 1 saturated carbocycles. The molecular formula is C31H28N6S. The highest BCUT2D eigenvalue weighted by Gasteiger charge is 2.34. The highest BCUT2D eigenvalue weighted by Crippen LogP contribution is 2.45. The van der Waals surface area contributed by atoms with Crippen LogP contribution in [0.1, 0.15) is 24.8 Å². The van der Waals surface area contributed by atoms with Crippen molar-refractivity contribution in [1.29, 1.82) is 0 Å². The summed E-state index contributed by atoms with van der Waals surface area (Å²) in [4.78, 5) is 10.0. The minimum Gasteiger partial charge on any atom is -0.338 e. The number of para-hydroxylation sites is 1. The molecule has 3 aromatic carbocycles. The molecule has 5 aromatic rings. The Morgan fingerprint density at radius 1 is 0.947 bits per heavy atom. The van der Waals surface area contributed by atoms with Crippen LogP contribution in [0.5, 0.6) is 0 Å². The highest BCUT2D eigenvalue weighted by atomic mass is 32.2. The zero-order chi connectivity index (χ0) is 25.7. The molecule has 38 heavy (non-hydrogen) atoms. The lowest BCUT2D eigenvalue weighted by Crippen LogP contribution is -2.43. The number of anilines is 3. The van der Waals surface area contributed by atoms with Crippen molar-refractivity contribution >= 4 is 29.1 Å². The molecule has 0 atom stereocenters. The normalized spacial score (nSPS) is 14.8. The summed E-state index contributed by atoms with van der Waals surface area (Å²) in [5, 5.41) is 3.54. The molecular weight excluding hydrogens is 488 g/mol. The van der Waals surface area contributed by atoms with Gasteiger partial charge in [0.25, 0.3) is 0 Å². The van der Waals surface area contributed by atoms with Crippen LogP contribution in [-0.2, 0) is 5.54 Å². The van der Waals surface area contributed by atoms with Crippen LogP contribution in [0.25, 0.3) is 39.6 Å². The van der Waals surface area contributed by atoms with Gasteiger partial charge in [0.2, 0.25) is 0 Å². The first-order chi connectivity index (χ1) is 18.6. The predicted molar refractivity (Wildman–Crippen MR) is 158 cm³/mol. The lowest BCUT2D eigenvalue weighted by molar-refractivity contribution is 0.253. The second-order valence-corrected chi connectivity index (χ2v) is 10.6. The molecule has 188 valence electrons. The molecule has 1 aliphatic carbocycles. The Hall–Kier alpha value is -4.07. The summed E-state index contributed by atoms with van der Waals surface area (Å²) < 4.78 is 5.62. The summed E-state index contributed by atoms with van der Waals surface area (Å²) in [6.45, 7) is 0. The van der Waals surface area contributed by atoms with Crippen molar-refractivity contribution in [3.05, 3.63) is 96.7 Å². The Balaban J connectivity index is 1.52. The van der Waals surface area contributed by atoms with Crippen molar-refractivity contribution < 1.29 is 0 Å². The molecule has 4 N–H and O–H groups in total. The summed E-state index contributed by atoms with van der Waals surface area (Å²) in [7, 11) is 0. The van der Waals surface area contributed by atoms with E-state index < -0.39 is 0 Å². The molecule has 0 spiro atoms. The lowest BCUT2D eigenvalue weighted by Gasteiger charge is -2.38. The number of rotatable bonds is 5. The van der Waals surface area contributed by atoms with Gasteiger partial charge in [0.15, 0.2) is 5.82 Å². The van der Waals surface area contributed by atoms with Crippen molar-refractivity contribution in [3.63, 3.8) is 0 Å². The highest BCUT2D eigenvalue weighted by molar-refractivity contribution is 7.99. The van der Waals surface area contributed by atoms with E-state index in [1.165, 1.54) is 12.0 Å². The fourth-order valence-electron chi connectivity index (χ4n) is 5.55. The van der Waals surface area contributed by atoms with E-state index in [0.717, 1.165) is 69.6 Å². The van der Waals surface area contributed by atoms with Crippen LogP contribution in [0.4, 0.5) is 17.2 Å².